The third kappa shape index (κ3) is 5.13. The number of aliphatic hydroxyl groups excluding tert-OH is 1. The van der Waals surface area contributed by atoms with Gasteiger partial charge in [-0.1, -0.05) is 11.6 Å². The van der Waals surface area contributed by atoms with Gasteiger partial charge in [0.2, 0.25) is 17.8 Å². The van der Waals surface area contributed by atoms with Crippen molar-refractivity contribution in [2.75, 3.05) is 41.7 Å². The Bertz CT molecular complexity index is 1470. The second kappa shape index (κ2) is 10.3. The van der Waals surface area contributed by atoms with Crippen LogP contribution in [0.25, 0.3) is 5.65 Å². The van der Waals surface area contributed by atoms with Crippen LogP contribution in [-0.2, 0) is 4.79 Å². The van der Waals surface area contributed by atoms with E-state index in [1.54, 1.807) is 12.1 Å². The number of nitriles is 2. The van der Waals surface area contributed by atoms with Crippen LogP contribution >= 0.6 is 11.6 Å². The molecule has 196 valence electrons. The monoisotopic (exact) mass is 535 g/mol. The fourth-order valence-electron chi connectivity index (χ4n) is 4.50. The van der Waals surface area contributed by atoms with Crippen LogP contribution in [0, 0.1) is 22.7 Å². The van der Waals surface area contributed by atoms with Gasteiger partial charge >= 0.3 is 0 Å². The summed E-state index contributed by atoms with van der Waals surface area (Å²) in [7, 11) is 0. The van der Waals surface area contributed by atoms with Crippen LogP contribution < -0.4 is 21.3 Å². The molecule has 13 nitrogen and oxygen atoms in total. The number of aliphatic hydroxyl groups is 1. The van der Waals surface area contributed by atoms with Crippen molar-refractivity contribution in [3.8, 4) is 12.1 Å². The smallest absolute Gasteiger partial charge is 0.247 e. The highest BCUT2D eigenvalue weighted by Gasteiger charge is 2.29. The van der Waals surface area contributed by atoms with Crippen LogP contribution in [-0.4, -0.2) is 79.9 Å². The Morgan fingerprint density at radius 3 is 2.74 bits per heavy atom. The Balaban J connectivity index is 1.44. The molecule has 1 saturated heterocycles. The fourth-order valence-corrected chi connectivity index (χ4v) is 4.77. The van der Waals surface area contributed by atoms with E-state index in [-0.39, 0.29) is 24.6 Å². The second-order valence-electron chi connectivity index (χ2n) is 9.51. The van der Waals surface area contributed by atoms with E-state index in [0.29, 0.717) is 58.8 Å². The highest BCUT2D eigenvalue weighted by atomic mass is 35.5. The SMILES string of the molecule is C[C@H]1CN(C[C@@H](O)C(N)=O)CCN1c1cc(C#N)cc(Nc2nc(NC3CC3)n3ncc(C#N)c3n2)c1Cl. The first kappa shape index (κ1) is 25.5. The lowest BCUT2D eigenvalue weighted by Gasteiger charge is -2.42. The Hall–Kier alpha value is -4.17. The number of benzene rings is 1. The highest BCUT2D eigenvalue weighted by molar-refractivity contribution is 6.36. The van der Waals surface area contributed by atoms with Gasteiger partial charge in [0.25, 0.3) is 0 Å². The molecule has 1 aliphatic heterocycles. The lowest BCUT2D eigenvalue weighted by atomic mass is 10.1. The van der Waals surface area contributed by atoms with Gasteiger partial charge in [0, 0.05) is 38.3 Å². The summed E-state index contributed by atoms with van der Waals surface area (Å²) in [6.07, 6.45) is 2.25. The molecule has 38 heavy (non-hydrogen) atoms. The van der Waals surface area contributed by atoms with Crippen LogP contribution in [0.15, 0.2) is 18.3 Å². The summed E-state index contributed by atoms with van der Waals surface area (Å²) in [5.74, 6) is -0.0923. The fraction of sp³-hybridized carbons (Fsp3) is 0.417. The molecular formula is C24H26ClN11O2. The number of fused-ring (bicyclic) bond motifs is 1. The Kier molecular flexibility index (Phi) is 6.91. The molecular weight excluding hydrogens is 510 g/mol. The molecule has 0 bridgehead atoms. The zero-order valence-corrected chi connectivity index (χ0v) is 21.4. The molecule has 2 aliphatic rings. The molecule has 1 amide bonds. The standard InChI is InChI=1S/C24H26ClN11O2/c1-13-11-34(12-19(37)21(28)38)4-5-35(13)18-7-14(8-26)6-17(20(18)25)31-23-32-22-15(9-27)10-29-36(22)24(33-23)30-16-2-3-16/h6-7,10,13,16,19,37H,2-5,11-12H2,1H3,(H2,28,38)(H2,30,31,32,33)/t13-,19+/m0/s1. The molecule has 2 atom stereocenters. The number of carbonyl (C=O) groups excluding carboxylic acids is 1. The van der Waals surface area contributed by atoms with Crippen LogP contribution in [0.2, 0.25) is 5.02 Å². The number of anilines is 4. The minimum Gasteiger partial charge on any atom is -0.382 e. The molecule has 1 saturated carbocycles. The first-order chi connectivity index (χ1) is 18.3. The van der Waals surface area contributed by atoms with Gasteiger partial charge in [0.05, 0.1) is 34.2 Å². The van der Waals surface area contributed by atoms with Gasteiger partial charge in [0.1, 0.15) is 17.7 Å². The first-order valence-electron chi connectivity index (χ1n) is 12.2. The maximum atomic E-state index is 11.3. The lowest BCUT2D eigenvalue weighted by Crippen LogP contribution is -2.54. The number of primary amides is 1. The third-order valence-electron chi connectivity index (χ3n) is 6.61. The second-order valence-corrected chi connectivity index (χ2v) is 9.89. The summed E-state index contributed by atoms with van der Waals surface area (Å²) in [5.41, 5.74) is 7.35. The topological polar surface area (TPSA) is 185 Å². The molecule has 1 aliphatic carbocycles. The predicted molar refractivity (Wildman–Crippen MR) is 140 cm³/mol. The van der Waals surface area contributed by atoms with E-state index in [4.69, 9.17) is 17.3 Å². The van der Waals surface area contributed by atoms with Gasteiger partial charge < -0.3 is 26.4 Å². The van der Waals surface area contributed by atoms with E-state index in [0.717, 1.165) is 12.8 Å². The van der Waals surface area contributed by atoms with Crippen LogP contribution in [0.5, 0.6) is 0 Å². The van der Waals surface area contributed by atoms with Crippen molar-refractivity contribution in [2.45, 2.75) is 38.0 Å². The van der Waals surface area contributed by atoms with Crippen LogP contribution in [0.4, 0.5) is 23.3 Å². The van der Waals surface area contributed by atoms with Gasteiger partial charge in [0.15, 0.2) is 5.65 Å². The summed E-state index contributed by atoms with van der Waals surface area (Å²) >= 11 is 6.87. The summed E-state index contributed by atoms with van der Waals surface area (Å²) in [6, 6.07) is 7.89. The van der Waals surface area contributed by atoms with Crippen molar-refractivity contribution >= 4 is 46.4 Å². The van der Waals surface area contributed by atoms with Crippen molar-refractivity contribution < 1.29 is 9.90 Å². The molecule has 2 fully saturated rings. The molecule has 0 unspecified atom stereocenters. The minimum atomic E-state index is -1.23. The van der Waals surface area contributed by atoms with Crippen molar-refractivity contribution in [3.63, 3.8) is 0 Å². The predicted octanol–water partition coefficient (Wildman–Crippen LogP) is 1.20. The first-order valence-corrected chi connectivity index (χ1v) is 12.5. The Labute approximate surface area is 223 Å². The van der Waals surface area contributed by atoms with Gasteiger partial charge in [-0.3, -0.25) is 9.69 Å². The number of halogens is 1. The van der Waals surface area contributed by atoms with Crippen molar-refractivity contribution in [1.29, 1.82) is 10.5 Å². The van der Waals surface area contributed by atoms with E-state index in [1.807, 2.05) is 11.8 Å². The highest BCUT2D eigenvalue weighted by Crippen LogP contribution is 2.37. The number of piperazine rings is 1. The van der Waals surface area contributed by atoms with Crippen molar-refractivity contribution in [2.24, 2.45) is 5.73 Å². The minimum absolute atomic E-state index is 0.0324. The van der Waals surface area contributed by atoms with Crippen molar-refractivity contribution in [3.05, 3.63) is 34.5 Å². The van der Waals surface area contributed by atoms with E-state index in [2.05, 4.69) is 42.7 Å². The summed E-state index contributed by atoms with van der Waals surface area (Å²) < 4.78 is 1.50. The maximum absolute atomic E-state index is 11.3. The zero-order valence-electron chi connectivity index (χ0n) is 20.6. The Morgan fingerprint density at radius 1 is 1.29 bits per heavy atom. The number of hydrogen-bond acceptors (Lipinski definition) is 11. The van der Waals surface area contributed by atoms with Crippen LogP contribution in [0.1, 0.15) is 30.9 Å². The molecule has 2 aromatic heterocycles. The number of nitrogens with one attached hydrogen (secondary N) is 2. The molecule has 1 aromatic carbocycles. The Morgan fingerprint density at radius 2 is 2.08 bits per heavy atom. The number of carbonyl (C=O) groups is 1. The zero-order chi connectivity index (χ0) is 27.0. The molecule has 14 heteroatoms. The van der Waals surface area contributed by atoms with Gasteiger partial charge in [-0.15, -0.1) is 0 Å². The lowest BCUT2D eigenvalue weighted by molar-refractivity contribution is -0.127. The number of rotatable bonds is 8. The van der Waals surface area contributed by atoms with Gasteiger partial charge in [-0.05, 0) is 31.9 Å². The van der Waals surface area contributed by atoms with Crippen LogP contribution in [0.3, 0.4) is 0 Å². The summed E-state index contributed by atoms with van der Waals surface area (Å²) in [6.45, 7) is 3.84. The number of aromatic nitrogens is 4. The largest absolute Gasteiger partial charge is 0.382 e. The quantitative estimate of drug-likeness (QED) is 0.324. The molecule has 0 radical (unpaired) electrons. The molecule has 0 spiro atoms. The summed E-state index contributed by atoms with van der Waals surface area (Å²) in [4.78, 5) is 24.4. The van der Waals surface area contributed by atoms with E-state index < -0.39 is 12.0 Å². The van der Waals surface area contributed by atoms with Gasteiger partial charge in [-0.2, -0.15) is 30.1 Å². The number of hydrogen-bond donors (Lipinski definition) is 4. The molecule has 5 N–H and O–H groups in total. The normalized spacial score (nSPS) is 18.6. The van der Waals surface area contributed by atoms with E-state index >= 15 is 0 Å². The molecule has 5 rings (SSSR count). The number of nitrogens with two attached hydrogens (primary N) is 1. The molecule has 3 heterocycles. The third-order valence-corrected chi connectivity index (χ3v) is 7.01. The van der Waals surface area contributed by atoms with Gasteiger partial charge in [-0.25, -0.2) is 0 Å². The summed E-state index contributed by atoms with van der Waals surface area (Å²) in [5, 5.41) is 40.1. The van der Waals surface area contributed by atoms with Crippen molar-refractivity contribution in [1.82, 2.24) is 24.5 Å². The van der Waals surface area contributed by atoms with E-state index in [9.17, 15) is 20.4 Å². The number of nitrogens with zero attached hydrogens (tertiary/aromatic N) is 8. The van der Waals surface area contributed by atoms with E-state index in [1.165, 1.54) is 10.7 Å². The molecule has 3 aromatic rings. The number of amides is 1. The average Bonchev–Trinajstić information content (AvgIpc) is 3.61. The maximum Gasteiger partial charge on any atom is 0.247 e. The average molecular weight is 536 g/mol. The number of β-amino-alcohol motifs (C(OH)–C–C–N with tert-alkyl or cyclic N) is 1.